The minimum atomic E-state index is -4.15. The molecule has 0 spiro atoms. The third-order valence-corrected chi connectivity index (χ3v) is 11.1. The number of rotatable bonds is 13. The third-order valence-electron chi connectivity index (χ3n) is 9.32. The lowest BCUT2D eigenvalue weighted by Gasteiger charge is -2.60. The Morgan fingerprint density at radius 3 is 1.82 bits per heavy atom. The predicted molar refractivity (Wildman–Crippen MR) is 195 cm³/mol. The fraction of sp³-hybridized carbons (Fsp3) is 0.195. The first-order valence-corrected chi connectivity index (χ1v) is 18.3. The standard InChI is InChI=1S/C41H37BrN2O4S/c1-3-27-44-38(28-47-41(33-13-7-4-8-14-33,34-15-9-5-10-16-34)35-17-11-6-12-18-35)39(32-21-23-36(42)24-22-32)40(44,29-43)30-48-49(45,46)37-25-19-31(2)20-26-37/h3-26,38-39H,1,27-28,30H2,2H3/t38-,39+,40-/m1/s1. The zero-order valence-corrected chi connectivity index (χ0v) is 29.6. The summed E-state index contributed by atoms with van der Waals surface area (Å²) < 4.78 is 40.7. The van der Waals surface area contributed by atoms with Crippen molar-refractivity contribution in [1.82, 2.24) is 4.90 Å². The molecule has 1 aliphatic heterocycles. The molecule has 6 rings (SSSR count). The van der Waals surface area contributed by atoms with E-state index in [0.29, 0.717) is 6.54 Å². The fourth-order valence-corrected chi connectivity index (χ4v) is 8.14. The van der Waals surface area contributed by atoms with Gasteiger partial charge in [-0.2, -0.15) is 13.7 Å². The third kappa shape index (κ3) is 6.65. The van der Waals surface area contributed by atoms with Crippen LogP contribution in [0, 0.1) is 18.3 Å². The van der Waals surface area contributed by atoms with Crippen molar-refractivity contribution in [2.75, 3.05) is 19.8 Å². The van der Waals surface area contributed by atoms with E-state index in [1.54, 1.807) is 18.2 Å². The van der Waals surface area contributed by atoms with Crippen LogP contribution in [0.3, 0.4) is 0 Å². The van der Waals surface area contributed by atoms with Crippen molar-refractivity contribution >= 4 is 26.0 Å². The molecule has 0 bridgehead atoms. The Balaban J connectivity index is 1.43. The van der Waals surface area contributed by atoms with Crippen LogP contribution < -0.4 is 0 Å². The van der Waals surface area contributed by atoms with Gasteiger partial charge < -0.3 is 4.74 Å². The fourth-order valence-electron chi connectivity index (χ4n) is 6.94. The summed E-state index contributed by atoms with van der Waals surface area (Å²) in [6.07, 6.45) is 1.73. The van der Waals surface area contributed by atoms with Crippen LogP contribution in [0.2, 0.25) is 0 Å². The Kier molecular flexibility index (Phi) is 10.3. The lowest BCUT2D eigenvalue weighted by molar-refractivity contribution is -0.127. The van der Waals surface area contributed by atoms with Crippen molar-refractivity contribution < 1.29 is 17.3 Å². The lowest BCUT2D eigenvalue weighted by Crippen LogP contribution is -2.74. The van der Waals surface area contributed by atoms with Crippen molar-refractivity contribution in [3.8, 4) is 6.07 Å². The second-order valence-corrected chi connectivity index (χ2v) is 14.7. The number of benzene rings is 5. The number of nitrogens with zero attached hydrogens (tertiary/aromatic N) is 2. The van der Waals surface area contributed by atoms with Crippen molar-refractivity contribution in [3.63, 3.8) is 0 Å². The molecule has 5 aromatic rings. The molecule has 0 amide bonds. The van der Waals surface area contributed by atoms with Crippen LogP contribution in [0.4, 0.5) is 0 Å². The molecule has 0 aromatic heterocycles. The van der Waals surface area contributed by atoms with Crippen LogP contribution in [0.15, 0.2) is 162 Å². The minimum absolute atomic E-state index is 0.0409. The molecule has 248 valence electrons. The molecule has 8 heteroatoms. The van der Waals surface area contributed by atoms with Gasteiger partial charge in [-0.3, -0.25) is 9.08 Å². The monoisotopic (exact) mass is 732 g/mol. The number of hydrogen-bond acceptors (Lipinski definition) is 6. The summed E-state index contributed by atoms with van der Waals surface area (Å²) >= 11 is 3.54. The average molecular weight is 734 g/mol. The van der Waals surface area contributed by atoms with Crippen LogP contribution in [-0.4, -0.2) is 44.7 Å². The van der Waals surface area contributed by atoms with Crippen LogP contribution >= 0.6 is 15.9 Å². The summed E-state index contributed by atoms with van der Waals surface area (Å²) in [4.78, 5) is 2.00. The number of aryl methyl sites for hydroxylation is 1. The largest absolute Gasteiger partial charge is 0.359 e. The maximum absolute atomic E-state index is 13.4. The lowest BCUT2D eigenvalue weighted by atomic mass is 9.65. The van der Waals surface area contributed by atoms with E-state index in [1.165, 1.54) is 12.1 Å². The van der Waals surface area contributed by atoms with Gasteiger partial charge >= 0.3 is 0 Å². The SMILES string of the molecule is C=CCN1[C@H](COC(c2ccccc2)(c2ccccc2)c2ccccc2)[C@H](c2ccc(Br)cc2)[C@@]1(C#N)COS(=O)(=O)c1ccc(C)cc1. The van der Waals surface area contributed by atoms with E-state index >= 15 is 0 Å². The first-order chi connectivity index (χ1) is 23.7. The number of likely N-dealkylation sites (tertiary alicyclic amines) is 1. The summed E-state index contributed by atoms with van der Waals surface area (Å²) in [6.45, 7) is 6.03. The molecule has 0 unspecified atom stereocenters. The highest BCUT2D eigenvalue weighted by atomic mass is 79.9. The predicted octanol–water partition coefficient (Wildman–Crippen LogP) is 8.39. The zero-order valence-electron chi connectivity index (χ0n) is 27.2. The number of hydrogen-bond donors (Lipinski definition) is 0. The van der Waals surface area contributed by atoms with E-state index in [0.717, 1.165) is 32.3 Å². The first kappa shape index (κ1) is 34.5. The van der Waals surface area contributed by atoms with Gasteiger partial charge in [-0.05, 0) is 53.4 Å². The van der Waals surface area contributed by atoms with Crippen LogP contribution in [0.1, 0.15) is 33.7 Å². The van der Waals surface area contributed by atoms with Crippen molar-refractivity contribution in [3.05, 3.63) is 184 Å². The molecule has 49 heavy (non-hydrogen) atoms. The molecule has 0 radical (unpaired) electrons. The van der Waals surface area contributed by atoms with Gasteiger partial charge in [-0.1, -0.05) is 143 Å². The van der Waals surface area contributed by atoms with Crippen molar-refractivity contribution in [2.24, 2.45) is 0 Å². The Labute approximate surface area is 297 Å². The summed E-state index contributed by atoms with van der Waals surface area (Å²) in [6, 6.07) is 46.8. The van der Waals surface area contributed by atoms with Gasteiger partial charge in [-0.15, -0.1) is 6.58 Å². The second-order valence-electron chi connectivity index (χ2n) is 12.2. The molecule has 0 saturated carbocycles. The van der Waals surface area contributed by atoms with Gasteiger partial charge in [0.05, 0.1) is 24.2 Å². The Morgan fingerprint density at radius 1 is 0.837 bits per heavy atom. The van der Waals surface area contributed by atoms with E-state index < -0.39 is 27.2 Å². The van der Waals surface area contributed by atoms with E-state index in [1.807, 2.05) is 90.7 Å². The van der Waals surface area contributed by atoms with Gasteiger partial charge in [0.2, 0.25) is 0 Å². The highest BCUT2D eigenvalue weighted by Gasteiger charge is 2.62. The average Bonchev–Trinajstić information content (AvgIpc) is 3.13. The first-order valence-electron chi connectivity index (χ1n) is 16.1. The van der Waals surface area contributed by atoms with Crippen molar-refractivity contribution in [2.45, 2.75) is 34.9 Å². The number of ether oxygens (including phenoxy) is 1. The molecule has 0 N–H and O–H groups in total. The molecule has 1 heterocycles. The smallest absolute Gasteiger partial charge is 0.297 e. The van der Waals surface area contributed by atoms with Crippen molar-refractivity contribution in [1.29, 1.82) is 5.26 Å². The number of halogens is 1. The van der Waals surface area contributed by atoms with Crippen LogP contribution in [0.25, 0.3) is 0 Å². The Hall–Kier alpha value is -4.36. The van der Waals surface area contributed by atoms with Gasteiger partial charge in [0.15, 0.2) is 0 Å². The normalized spacial score (nSPS) is 19.4. The molecule has 3 atom stereocenters. The minimum Gasteiger partial charge on any atom is -0.359 e. The van der Waals surface area contributed by atoms with Gasteiger partial charge in [0.25, 0.3) is 10.1 Å². The Bertz CT molecular complexity index is 1920. The highest BCUT2D eigenvalue weighted by Crippen LogP contribution is 2.51. The number of nitriles is 1. The quantitative estimate of drug-likeness (QED) is 0.0688. The summed E-state index contributed by atoms with van der Waals surface area (Å²) in [7, 11) is -4.15. The zero-order chi connectivity index (χ0) is 34.5. The Morgan fingerprint density at radius 2 is 1.35 bits per heavy atom. The van der Waals surface area contributed by atoms with Gasteiger partial charge in [-0.25, -0.2) is 0 Å². The van der Waals surface area contributed by atoms with Crippen LogP contribution in [0.5, 0.6) is 0 Å². The van der Waals surface area contributed by atoms with E-state index in [9.17, 15) is 13.7 Å². The van der Waals surface area contributed by atoms with Crippen LogP contribution in [-0.2, 0) is 24.6 Å². The molecule has 1 aliphatic rings. The van der Waals surface area contributed by atoms with E-state index in [4.69, 9.17) is 8.92 Å². The molecule has 1 fully saturated rings. The van der Waals surface area contributed by atoms with Gasteiger partial charge in [0, 0.05) is 23.0 Å². The molecule has 0 aliphatic carbocycles. The second kappa shape index (κ2) is 14.6. The topological polar surface area (TPSA) is 79.6 Å². The summed E-state index contributed by atoms with van der Waals surface area (Å²) in [5.74, 6) is -0.459. The van der Waals surface area contributed by atoms with Gasteiger partial charge in [0.1, 0.15) is 11.1 Å². The maximum Gasteiger partial charge on any atom is 0.297 e. The van der Waals surface area contributed by atoms with E-state index in [-0.39, 0.29) is 24.2 Å². The summed E-state index contributed by atoms with van der Waals surface area (Å²) in [5.41, 5.74) is 2.37. The molecular formula is C41H37BrN2O4S. The molecule has 1 saturated heterocycles. The summed E-state index contributed by atoms with van der Waals surface area (Å²) in [5, 5.41) is 11.0. The van der Waals surface area contributed by atoms with E-state index in [2.05, 4.69) is 65.0 Å². The molecular weight excluding hydrogens is 696 g/mol. The highest BCUT2D eigenvalue weighted by molar-refractivity contribution is 9.10. The molecule has 6 nitrogen and oxygen atoms in total. The molecule has 5 aromatic carbocycles. The maximum atomic E-state index is 13.4.